The maximum atomic E-state index is 3.63. The molecule has 0 unspecified atom stereocenters. The van der Waals surface area contributed by atoms with Crippen LogP contribution >= 0.6 is 0 Å². The van der Waals surface area contributed by atoms with Crippen molar-refractivity contribution in [3.63, 3.8) is 0 Å². The van der Waals surface area contributed by atoms with Gasteiger partial charge >= 0.3 is 53.1 Å². The van der Waals surface area contributed by atoms with E-state index in [4.69, 9.17) is 0 Å². The molecular weight excluding hydrogens is 655 g/mol. The summed E-state index contributed by atoms with van der Waals surface area (Å²) in [6, 6.07) is 46.9. The SMILES string of the molecule is CC(C)(c1ccccc1)c1c[c-]c2c(c1)-c1cc(C(C)(C)c3ccccc3)ccc1C2.[Cl-].[Cl-].[Zr+2]=[C]1CCCC1.c1cc[cH-]c1. The second-order valence-electron chi connectivity index (χ2n) is 12.6. The zero-order chi connectivity index (χ0) is 29.6. The quantitative estimate of drug-likeness (QED) is 0.240. The third kappa shape index (κ3) is 8.43. The molecule has 0 N–H and O–H groups in total. The van der Waals surface area contributed by atoms with Crippen molar-refractivity contribution in [3.05, 3.63) is 161 Å². The van der Waals surface area contributed by atoms with Gasteiger partial charge in [0.05, 0.1) is 0 Å². The Morgan fingerprint density at radius 1 is 0.614 bits per heavy atom. The summed E-state index contributed by atoms with van der Waals surface area (Å²) in [6.45, 7) is 9.26. The van der Waals surface area contributed by atoms with Crippen LogP contribution in [0.3, 0.4) is 0 Å². The molecule has 0 saturated heterocycles. The molecule has 0 atom stereocenters. The van der Waals surface area contributed by atoms with Gasteiger partial charge in [-0.2, -0.15) is 42.0 Å². The summed E-state index contributed by atoms with van der Waals surface area (Å²) in [6.07, 6.45) is 6.81. The van der Waals surface area contributed by atoms with Gasteiger partial charge < -0.3 is 24.8 Å². The Balaban J connectivity index is 0.000000343. The molecule has 5 aromatic carbocycles. The average Bonchev–Trinajstić information content (AvgIpc) is 3.81. The second-order valence-corrected chi connectivity index (χ2v) is 14.3. The number of benzene rings is 4. The molecule has 1 fully saturated rings. The van der Waals surface area contributed by atoms with Crippen LogP contribution in [0.4, 0.5) is 0 Å². The fourth-order valence-electron chi connectivity index (χ4n) is 6.00. The molecule has 0 spiro atoms. The van der Waals surface area contributed by atoms with Crippen molar-refractivity contribution in [2.24, 2.45) is 0 Å². The minimum absolute atomic E-state index is 0. The molecule has 0 nitrogen and oxygen atoms in total. The van der Waals surface area contributed by atoms with Gasteiger partial charge in [-0.3, -0.25) is 0 Å². The van der Waals surface area contributed by atoms with E-state index in [0.29, 0.717) is 0 Å². The van der Waals surface area contributed by atoms with Gasteiger partial charge in [-0.05, 0) is 28.5 Å². The van der Waals surface area contributed by atoms with Gasteiger partial charge in [0.15, 0.2) is 0 Å². The zero-order valence-corrected chi connectivity index (χ0v) is 30.3. The Labute approximate surface area is 292 Å². The second kappa shape index (κ2) is 16.2. The standard InChI is InChI=1S/C31H29.C5H8.C5H5.2ClH.Zr/c1-30(2,24-11-7-5-8-12-24)26-17-15-22-19-23-16-18-27(21-29(23)28(22)20-26)31(3,4)25-13-9-6-10-14-25;2*1-2-4-5-3-1;;;/h5-15,17-18,20-21H,19H2,1-4H3;1-4H2;1-5H;2*1H;/q-1;;-1;;;+2/p-2. The summed E-state index contributed by atoms with van der Waals surface area (Å²) in [7, 11) is 0. The molecule has 226 valence electrons. The van der Waals surface area contributed by atoms with Crippen molar-refractivity contribution in [2.45, 2.75) is 70.6 Å². The van der Waals surface area contributed by atoms with Crippen molar-refractivity contribution in [1.82, 2.24) is 0 Å². The van der Waals surface area contributed by atoms with E-state index >= 15 is 0 Å². The van der Waals surface area contributed by atoms with Crippen LogP contribution in [0, 0.1) is 6.07 Å². The summed E-state index contributed by atoms with van der Waals surface area (Å²) >= 11 is 1.68. The molecule has 2 aliphatic rings. The van der Waals surface area contributed by atoms with Crippen LogP contribution in [0.2, 0.25) is 0 Å². The van der Waals surface area contributed by atoms with Crippen LogP contribution in [0.5, 0.6) is 0 Å². The summed E-state index contributed by atoms with van der Waals surface area (Å²) < 4.78 is 1.79. The van der Waals surface area contributed by atoms with Gasteiger partial charge in [-0.15, -0.1) is 11.1 Å². The van der Waals surface area contributed by atoms with Crippen LogP contribution in [0.1, 0.15) is 86.8 Å². The van der Waals surface area contributed by atoms with Crippen molar-refractivity contribution < 1.29 is 49.0 Å². The van der Waals surface area contributed by atoms with E-state index in [1.807, 2.05) is 30.3 Å². The minimum atomic E-state index is -0.0591. The monoisotopic (exact) mass is 694 g/mol. The molecule has 5 aromatic rings. The Hall–Kier alpha value is -2.44. The van der Waals surface area contributed by atoms with Gasteiger partial charge in [-0.1, -0.05) is 118 Å². The molecule has 44 heavy (non-hydrogen) atoms. The maximum Gasteiger partial charge on any atom is -0.172 e. The number of halogens is 2. The molecule has 1 saturated carbocycles. The van der Waals surface area contributed by atoms with Gasteiger partial charge in [0, 0.05) is 5.41 Å². The molecule has 0 amide bonds. The molecule has 0 aliphatic heterocycles. The smallest absolute Gasteiger partial charge is 0.172 e. The van der Waals surface area contributed by atoms with Crippen LogP contribution < -0.4 is 24.8 Å². The summed E-state index contributed by atoms with van der Waals surface area (Å²) in [5.41, 5.74) is 10.7. The van der Waals surface area contributed by atoms with Crippen molar-refractivity contribution in [3.8, 4) is 11.1 Å². The van der Waals surface area contributed by atoms with E-state index in [-0.39, 0.29) is 35.6 Å². The Kier molecular flexibility index (Phi) is 13.3. The largest absolute Gasteiger partial charge is 0.214 e. The van der Waals surface area contributed by atoms with E-state index in [0.717, 1.165) is 6.42 Å². The third-order valence-corrected chi connectivity index (χ3v) is 10.2. The van der Waals surface area contributed by atoms with Crippen LogP contribution in [0.25, 0.3) is 11.1 Å². The van der Waals surface area contributed by atoms with E-state index in [9.17, 15) is 0 Å². The third-order valence-electron chi connectivity index (χ3n) is 8.99. The fraction of sp³-hybridized carbons (Fsp3) is 0.268. The van der Waals surface area contributed by atoms with Crippen LogP contribution in [-0.4, -0.2) is 3.21 Å². The number of hydrogen-bond donors (Lipinski definition) is 0. The molecule has 0 aromatic heterocycles. The van der Waals surface area contributed by atoms with Crippen molar-refractivity contribution in [2.75, 3.05) is 0 Å². The predicted octanol–water partition coefficient (Wildman–Crippen LogP) is 4.40. The molecule has 0 bridgehead atoms. The summed E-state index contributed by atoms with van der Waals surface area (Å²) in [5.74, 6) is 0. The van der Waals surface area contributed by atoms with Gasteiger partial charge in [-0.25, -0.2) is 12.1 Å². The van der Waals surface area contributed by atoms with Gasteiger partial charge in [0.2, 0.25) is 0 Å². The Morgan fingerprint density at radius 3 is 1.61 bits per heavy atom. The molecule has 3 heteroatoms. The molecule has 0 heterocycles. The molecule has 0 radical (unpaired) electrons. The zero-order valence-electron chi connectivity index (χ0n) is 26.3. The Morgan fingerprint density at radius 2 is 1.14 bits per heavy atom. The number of rotatable bonds is 4. The van der Waals surface area contributed by atoms with E-state index in [1.165, 1.54) is 70.2 Å². The first-order chi connectivity index (χ1) is 20.3. The van der Waals surface area contributed by atoms with E-state index < -0.39 is 0 Å². The predicted molar refractivity (Wildman–Crippen MR) is 176 cm³/mol. The maximum absolute atomic E-state index is 3.63. The van der Waals surface area contributed by atoms with Gasteiger partial charge in [0.25, 0.3) is 0 Å². The first-order valence-corrected chi connectivity index (χ1v) is 16.5. The average molecular weight is 697 g/mol. The molecule has 2 aliphatic carbocycles. The minimum Gasteiger partial charge on any atom is -0.214 e. The van der Waals surface area contributed by atoms with Crippen LogP contribution in [-0.2, 0) is 41.5 Å². The first kappa shape index (κ1) is 36.0. The normalized spacial score (nSPS) is 13.2. The fourth-order valence-corrected chi connectivity index (χ4v) is 6.87. The number of fused-ring (bicyclic) bond motifs is 3. The van der Waals surface area contributed by atoms with Crippen LogP contribution in [0.15, 0.2) is 121 Å². The first-order valence-electron chi connectivity index (χ1n) is 15.3. The van der Waals surface area contributed by atoms with Crippen molar-refractivity contribution in [1.29, 1.82) is 0 Å². The molecule has 7 rings (SSSR count). The van der Waals surface area contributed by atoms with Gasteiger partial charge in [0.1, 0.15) is 0 Å². The van der Waals surface area contributed by atoms with E-state index in [2.05, 4.69) is 125 Å². The summed E-state index contributed by atoms with van der Waals surface area (Å²) in [4.78, 5) is 0. The van der Waals surface area contributed by atoms with Crippen molar-refractivity contribution >= 4 is 3.21 Å². The van der Waals surface area contributed by atoms with E-state index in [1.54, 1.807) is 27.4 Å². The molecular formula is C41H42Cl2Zr-2. The Bertz CT molecular complexity index is 1480. The number of hydrogen-bond acceptors (Lipinski definition) is 0. The summed E-state index contributed by atoms with van der Waals surface area (Å²) in [5, 5.41) is 0. The topological polar surface area (TPSA) is 0 Å².